The largest absolute Gasteiger partial charge is 0.491 e. The van der Waals surface area contributed by atoms with Crippen molar-refractivity contribution in [3.63, 3.8) is 0 Å². The summed E-state index contributed by atoms with van der Waals surface area (Å²) in [5.41, 5.74) is 3.73. The van der Waals surface area contributed by atoms with Crippen molar-refractivity contribution >= 4 is 44.3 Å². The topological polar surface area (TPSA) is 75.2 Å². The van der Waals surface area contributed by atoms with E-state index in [4.69, 9.17) is 21.4 Å². The molecule has 0 saturated heterocycles. The normalized spacial score (nSPS) is 11.4. The Morgan fingerprint density at radius 2 is 1.76 bits per heavy atom. The van der Waals surface area contributed by atoms with Crippen molar-refractivity contribution in [3.05, 3.63) is 53.7 Å². The van der Waals surface area contributed by atoms with Crippen molar-refractivity contribution in [2.24, 2.45) is 0 Å². The van der Waals surface area contributed by atoms with Crippen molar-refractivity contribution in [2.45, 2.75) is 71.6 Å². The smallest absolute Gasteiger partial charge is 0.143 e. The number of hydrogen-bond donors (Lipinski definition) is 2. The summed E-state index contributed by atoms with van der Waals surface area (Å²) in [7, 11) is -1.01. The number of aliphatic hydroxyl groups excluding tert-OH is 1. The van der Waals surface area contributed by atoms with Crippen molar-refractivity contribution in [3.8, 4) is 16.9 Å². The standard InChI is InChI=1S/C24H25ClN2O2S.C3H8O.C3H8/c1-3-5-6-12-29-21-11-10-19(16-8-7-9-18(13-16)30(28)4-2)22-20-14-17(25)15-26-24(20)27-23(21)22;1-2-3-4;1-3-2/h7-11,13-15H,3-6,12H2,1-2H3,(H,26,27);4H,2-3H2,1H3;3H2,1-2H3. The molecule has 4 rings (SSSR count). The molecule has 0 spiro atoms. The summed E-state index contributed by atoms with van der Waals surface area (Å²) in [6.07, 6.45) is 7.09. The Morgan fingerprint density at radius 1 is 1.03 bits per heavy atom. The van der Waals surface area contributed by atoms with Crippen LogP contribution < -0.4 is 4.74 Å². The van der Waals surface area contributed by atoms with Crippen LogP contribution in [0.5, 0.6) is 5.75 Å². The van der Waals surface area contributed by atoms with Crippen molar-refractivity contribution in [1.82, 2.24) is 9.97 Å². The van der Waals surface area contributed by atoms with Crippen LogP contribution in [0.2, 0.25) is 5.02 Å². The number of aliphatic hydroxyl groups is 1. The molecule has 2 aromatic carbocycles. The number of rotatable bonds is 9. The molecule has 1 unspecified atom stereocenters. The Labute approximate surface area is 229 Å². The predicted molar refractivity (Wildman–Crippen MR) is 159 cm³/mol. The molecule has 1 atom stereocenters. The van der Waals surface area contributed by atoms with Crippen LogP contribution in [0.15, 0.2) is 53.6 Å². The van der Waals surface area contributed by atoms with Gasteiger partial charge in [0.25, 0.3) is 0 Å². The van der Waals surface area contributed by atoms with E-state index in [-0.39, 0.29) is 0 Å². The van der Waals surface area contributed by atoms with Gasteiger partial charge in [-0.2, -0.15) is 0 Å². The fourth-order valence-electron chi connectivity index (χ4n) is 3.70. The van der Waals surface area contributed by atoms with Crippen LogP contribution in [0.1, 0.15) is 66.7 Å². The Bertz CT molecular complexity index is 1270. The van der Waals surface area contributed by atoms with Crippen LogP contribution >= 0.6 is 11.6 Å². The van der Waals surface area contributed by atoms with Gasteiger partial charge < -0.3 is 14.8 Å². The number of aromatic amines is 1. The Kier molecular flexibility index (Phi) is 13.7. The summed E-state index contributed by atoms with van der Waals surface area (Å²) in [4.78, 5) is 8.72. The highest BCUT2D eigenvalue weighted by Crippen LogP contribution is 2.39. The zero-order chi connectivity index (χ0) is 27.2. The number of H-pyrrole nitrogens is 1. The number of hydrogen-bond acceptors (Lipinski definition) is 4. The van der Waals surface area contributed by atoms with Gasteiger partial charge in [0, 0.05) is 34.2 Å². The average molecular weight is 545 g/mol. The highest BCUT2D eigenvalue weighted by Gasteiger charge is 2.16. The van der Waals surface area contributed by atoms with Gasteiger partial charge in [0.1, 0.15) is 11.4 Å². The van der Waals surface area contributed by atoms with Gasteiger partial charge in [-0.15, -0.1) is 0 Å². The maximum Gasteiger partial charge on any atom is 0.143 e. The van der Waals surface area contributed by atoms with E-state index in [0.29, 0.717) is 24.0 Å². The number of fused-ring (bicyclic) bond motifs is 3. The van der Waals surface area contributed by atoms with Crippen LogP contribution in [-0.2, 0) is 10.8 Å². The van der Waals surface area contributed by atoms with E-state index in [1.54, 1.807) is 6.20 Å². The SMILES string of the molecule is CCC.CCCCCOc1ccc(-c2cccc(S(=O)CC)c2)c2c1[nH]c1ncc(Cl)cc12.CCCO. The minimum atomic E-state index is -1.01. The number of aromatic nitrogens is 2. The molecule has 0 fully saturated rings. The Hall–Kier alpha value is -2.41. The number of nitrogens with zero attached hydrogens (tertiary/aromatic N) is 1. The molecule has 0 aliphatic rings. The third-order valence-corrected chi connectivity index (χ3v) is 6.94. The highest BCUT2D eigenvalue weighted by molar-refractivity contribution is 7.85. The first kappa shape index (κ1) is 30.8. The van der Waals surface area contributed by atoms with Gasteiger partial charge >= 0.3 is 0 Å². The molecular weight excluding hydrogens is 504 g/mol. The summed E-state index contributed by atoms with van der Waals surface area (Å²) in [6.45, 7) is 11.3. The second-order valence-corrected chi connectivity index (χ2v) is 10.9. The fourth-order valence-corrected chi connectivity index (χ4v) is 4.68. The van der Waals surface area contributed by atoms with E-state index in [1.165, 1.54) is 6.42 Å². The highest BCUT2D eigenvalue weighted by atomic mass is 35.5. The maximum atomic E-state index is 12.4. The maximum absolute atomic E-state index is 12.4. The van der Waals surface area contributed by atoms with Crippen LogP contribution in [0.3, 0.4) is 0 Å². The lowest BCUT2D eigenvalue weighted by Crippen LogP contribution is -1.98. The van der Waals surface area contributed by atoms with Crippen molar-refractivity contribution < 1.29 is 14.1 Å². The van der Waals surface area contributed by atoms with Crippen molar-refractivity contribution in [1.29, 1.82) is 0 Å². The molecule has 2 N–H and O–H groups in total. The number of pyridine rings is 1. The molecule has 5 nitrogen and oxygen atoms in total. The quantitative estimate of drug-likeness (QED) is 0.207. The average Bonchev–Trinajstić information content (AvgIpc) is 3.30. The van der Waals surface area contributed by atoms with Crippen molar-refractivity contribution in [2.75, 3.05) is 19.0 Å². The molecule has 0 bridgehead atoms. The van der Waals surface area contributed by atoms with Crippen LogP contribution in [0.4, 0.5) is 0 Å². The Morgan fingerprint density at radius 3 is 2.41 bits per heavy atom. The van der Waals surface area contributed by atoms with E-state index in [1.807, 2.05) is 50.2 Å². The van der Waals surface area contributed by atoms with E-state index in [9.17, 15) is 4.21 Å². The molecule has 0 radical (unpaired) electrons. The molecule has 7 heteroatoms. The molecule has 0 aliphatic heterocycles. The van der Waals surface area contributed by atoms with Gasteiger partial charge in [-0.3, -0.25) is 4.21 Å². The predicted octanol–water partition coefficient (Wildman–Crippen LogP) is 8.54. The fraction of sp³-hybridized carbons (Fsp3) is 0.433. The first-order valence-corrected chi connectivity index (χ1v) is 15.0. The number of unbranched alkanes of at least 4 members (excludes halogenated alkanes) is 2. The van der Waals surface area contributed by atoms with E-state index in [2.05, 4.69) is 36.8 Å². The summed E-state index contributed by atoms with van der Waals surface area (Å²) >= 11 is 6.27. The van der Waals surface area contributed by atoms with Gasteiger partial charge in [0.05, 0.1) is 27.9 Å². The van der Waals surface area contributed by atoms with Crippen LogP contribution in [0.25, 0.3) is 33.1 Å². The van der Waals surface area contributed by atoms with Gasteiger partial charge in [-0.25, -0.2) is 4.98 Å². The van der Waals surface area contributed by atoms with Gasteiger partial charge in [0.2, 0.25) is 0 Å². The zero-order valence-corrected chi connectivity index (χ0v) is 24.3. The van der Waals surface area contributed by atoms with Crippen LogP contribution in [0, 0.1) is 0 Å². The second kappa shape index (κ2) is 16.4. The molecule has 0 saturated carbocycles. The molecular formula is C30H41ClN2O3S. The lowest BCUT2D eigenvalue weighted by atomic mass is 9.99. The molecule has 4 aromatic rings. The summed E-state index contributed by atoms with van der Waals surface area (Å²) in [5.74, 6) is 1.41. The monoisotopic (exact) mass is 544 g/mol. The van der Waals surface area contributed by atoms with E-state index in [0.717, 1.165) is 69.4 Å². The molecule has 37 heavy (non-hydrogen) atoms. The first-order chi connectivity index (χ1) is 17.9. The minimum Gasteiger partial charge on any atom is -0.491 e. The molecule has 0 amide bonds. The lowest BCUT2D eigenvalue weighted by Gasteiger charge is -2.11. The summed E-state index contributed by atoms with van der Waals surface area (Å²) in [6, 6.07) is 13.9. The van der Waals surface area contributed by atoms with Gasteiger partial charge in [-0.05, 0) is 54.3 Å². The van der Waals surface area contributed by atoms with Gasteiger partial charge in [-0.1, -0.05) is 77.6 Å². The van der Waals surface area contributed by atoms with E-state index >= 15 is 0 Å². The second-order valence-electron chi connectivity index (χ2n) is 8.68. The lowest BCUT2D eigenvalue weighted by molar-refractivity contribution is 0.295. The molecule has 2 aromatic heterocycles. The third kappa shape index (κ3) is 8.56. The Balaban J connectivity index is 0.000000616. The number of halogens is 1. The first-order valence-electron chi connectivity index (χ1n) is 13.3. The number of nitrogens with one attached hydrogen (secondary N) is 1. The summed E-state index contributed by atoms with van der Waals surface area (Å²) < 4.78 is 18.5. The number of benzene rings is 2. The van der Waals surface area contributed by atoms with E-state index < -0.39 is 10.8 Å². The molecule has 2 heterocycles. The van der Waals surface area contributed by atoms with Crippen LogP contribution in [-0.4, -0.2) is 38.3 Å². The minimum absolute atomic E-state index is 0.319. The molecule has 202 valence electrons. The summed E-state index contributed by atoms with van der Waals surface area (Å²) in [5, 5.41) is 10.4. The number of ether oxygens (including phenoxy) is 1. The zero-order valence-electron chi connectivity index (χ0n) is 22.8. The molecule has 0 aliphatic carbocycles. The van der Waals surface area contributed by atoms with Gasteiger partial charge in [0.15, 0.2) is 0 Å². The third-order valence-electron chi connectivity index (χ3n) is 5.43.